The minimum absolute atomic E-state index is 0.0451. The number of piperidine rings is 1. The lowest BCUT2D eigenvalue weighted by Gasteiger charge is -2.35. The van der Waals surface area contributed by atoms with Crippen LogP contribution in [0.25, 0.3) is 0 Å². The normalized spacial score (nSPS) is 27.1. The zero-order valence-electron chi connectivity index (χ0n) is 12.8. The number of hydrogen-bond acceptors (Lipinski definition) is 3. The van der Waals surface area contributed by atoms with Crippen LogP contribution in [0.15, 0.2) is 11.4 Å². The van der Waals surface area contributed by atoms with E-state index in [0.29, 0.717) is 22.4 Å². The highest BCUT2D eigenvalue weighted by Crippen LogP contribution is 2.22. The minimum Gasteiger partial charge on any atom is -0.366 e. The minimum atomic E-state index is -0.508. The zero-order chi connectivity index (χ0) is 15.6. The summed E-state index contributed by atoms with van der Waals surface area (Å²) in [7, 11) is 0. The van der Waals surface area contributed by atoms with Crippen molar-refractivity contribution in [2.75, 3.05) is 18.4 Å². The Balaban J connectivity index is 2.02. The van der Waals surface area contributed by atoms with E-state index in [-0.39, 0.29) is 11.9 Å². The second-order valence-electron chi connectivity index (χ2n) is 6.25. The molecule has 5 nitrogen and oxygen atoms in total. The van der Waals surface area contributed by atoms with Crippen molar-refractivity contribution < 1.29 is 14.5 Å². The number of thiophene rings is 1. The fourth-order valence-electron chi connectivity index (χ4n) is 3.19. The van der Waals surface area contributed by atoms with Crippen LogP contribution in [0.1, 0.15) is 37.6 Å². The number of nitrogens with two attached hydrogens (primary N) is 1. The van der Waals surface area contributed by atoms with E-state index in [1.807, 2.05) is 6.92 Å². The largest absolute Gasteiger partial charge is 0.366 e. The number of primary amides is 1. The van der Waals surface area contributed by atoms with Gasteiger partial charge in [-0.2, -0.15) is 0 Å². The molecule has 0 saturated carbocycles. The van der Waals surface area contributed by atoms with Gasteiger partial charge in [-0.3, -0.25) is 9.59 Å². The van der Waals surface area contributed by atoms with Crippen LogP contribution < -0.4 is 16.0 Å². The van der Waals surface area contributed by atoms with E-state index in [4.69, 9.17) is 5.73 Å². The van der Waals surface area contributed by atoms with Crippen LogP contribution in [0.3, 0.4) is 0 Å². The number of amides is 2. The maximum atomic E-state index is 12.4. The van der Waals surface area contributed by atoms with Crippen LogP contribution >= 0.6 is 11.3 Å². The molecule has 4 N–H and O–H groups in total. The van der Waals surface area contributed by atoms with E-state index in [2.05, 4.69) is 19.2 Å². The maximum absolute atomic E-state index is 12.4. The van der Waals surface area contributed by atoms with Gasteiger partial charge in [0, 0.05) is 11.8 Å². The monoisotopic (exact) mass is 310 g/mol. The molecule has 2 rings (SSSR count). The van der Waals surface area contributed by atoms with Crippen LogP contribution in [0, 0.1) is 11.8 Å². The summed E-state index contributed by atoms with van der Waals surface area (Å²) in [5.41, 5.74) is 5.69. The Labute approximate surface area is 129 Å². The molecule has 0 unspecified atom stereocenters. The van der Waals surface area contributed by atoms with Crippen molar-refractivity contribution in [2.24, 2.45) is 17.6 Å². The zero-order valence-corrected chi connectivity index (χ0v) is 13.6. The van der Waals surface area contributed by atoms with Gasteiger partial charge >= 0.3 is 0 Å². The van der Waals surface area contributed by atoms with Crippen molar-refractivity contribution in [2.45, 2.75) is 33.2 Å². The third-order valence-corrected chi connectivity index (χ3v) is 5.03. The van der Waals surface area contributed by atoms with Gasteiger partial charge in [0.25, 0.3) is 11.8 Å². The molecule has 0 radical (unpaired) electrons. The molecule has 1 aliphatic heterocycles. The van der Waals surface area contributed by atoms with Gasteiger partial charge in [0.1, 0.15) is 5.00 Å². The highest BCUT2D eigenvalue weighted by atomic mass is 32.1. The molecule has 1 aromatic rings. The SMILES string of the molecule is C[C@@H]1C[C@@H](C)C[NH+]([C@@H](C)C(=O)Nc2sccc2C(N)=O)C1. The fraction of sp³-hybridized carbons (Fsp3) is 0.600. The van der Waals surface area contributed by atoms with Crippen LogP contribution in [-0.4, -0.2) is 30.9 Å². The van der Waals surface area contributed by atoms with E-state index in [0.717, 1.165) is 13.1 Å². The third kappa shape index (κ3) is 3.83. The van der Waals surface area contributed by atoms with Gasteiger partial charge in [-0.15, -0.1) is 11.3 Å². The molecule has 0 spiro atoms. The lowest BCUT2D eigenvalue weighted by molar-refractivity contribution is -0.925. The Morgan fingerprint density at radius 1 is 1.38 bits per heavy atom. The average Bonchev–Trinajstić information content (AvgIpc) is 2.84. The van der Waals surface area contributed by atoms with Gasteiger partial charge in [0.15, 0.2) is 6.04 Å². The second kappa shape index (κ2) is 6.58. The first-order chi connectivity index (χ1) is 9.88. The molecule has 1 aliphatic rings. The molecule has 0 aromatic carbocycles. The molecule has 1 saturated heterocycles. The Hall–Kier alpha value is -1.40. The number of anilines is 1. The first-order valence-electron chi connectivity index (χ1n) is 7.41. The Morgan fingerprint density at radius 3 is 2.57 bits per heavy atom. The second-order valence-corrected chi connectivity index (χ2v) is 7.17. The molecule has 0 bridgehead atoms. The fourth-order valence-corrected chi connectivity index (χ4v) is 3.99. The molecule has 21 heavy (non-hydrogen) atoms. The van der Waals surface area contributed by atoms with Crippen molar-refractivity contribution in [3.8, 4) is 0 Å². The van der Waals surface area contributed by atoms with E-state index >= 15 is 0 Å². The van der Waals surface area contributed by atoms with Crippen molar-refractivity contribution in [1.82, 2.24) is 0 Å². The molecular formula is C15H24N3O2S+. The number of nitrogens with one attached hydrogen (secondary N) is 2. The molecule has 1 aromatic heterocycles. The number of carbonyl (C=O) groups excluding carboxylic acids is 2. The van der Waals surface area contributed by atoms with E-state index in [1.54, 1.807) is 11.4 Å². The standard InChI is InChI=1S/C15H23N3O2S/c1-9-6-10(2)8-18(7-9)11(3)14(20)17-15-12(13(16)19)4-5-21-15/h4-5,9-11H,6-8H2,1-3H3,(H2,16,19)(H,17,20)/p+1/t9-,10-,11+/m1/s1. The molecular weight excluding hydrogens is 286 g/mol. The van der Waals surface area contributed by atoms with Crippen LogP contribution in [0.5, 0.6) is 0 Å². The Morgan fingerprint density at radius 2 is 2.00 bits per heavy atom. The topological polar surface area (TPSA) is 76.6 Å². The molecule has 2 amide bonds. The van der Waals surface area contributed by atoms with Crippen LogP contribution in [0.4, 0.5) is 5.00 Å². The smallest absolute Gasteiger partial charge is 0.282 e. The summed E-state index contributed by atoms with van der Waals surface area (Å²) < 4.78 is 0. The molecule has 0 aliphatic carbocycles. The summed E-state index contributed by atoms with van der Waals surface area (Å²) in [5, 5.41) is 5.17. The Kier molecular flexibility index (Phi) is 5.00. The summed E-state index contributed by atoms with van der Waals surface area (Å²) in [6.07, 6.45) is 1.23. The van der Waals surface area contributed by atoms with Crippen molar-refractivity contribution in [3.63, 3.8) is 0 Å². The summed E-state index contributed by atoms with van der Waals surface area (Å²) in [6, 6.07) is 1.52. The summed E-state index contributed by atoms with van der Waals surface area (Å²) in [5.74, 6) is 0.729. The summed E-state index contributed by atoms with van der Waals surface area (Å²) in [4.78, 5) is 25.0. The van der Waals surface area contributed by atoms with Gasteiger partial charge in [0.2, 0.25) is 0 Å². The van der Waals surface area contributed by atoms with Crippen molar-refractivity contribution in [1.29, 1.82) is 0 Å². The summed E-state index contributed by atoms with van der Waals surface area (Å²) >= 11 is 1.33. The van der Waals surface area contributed by atoms with E-state index < -0.39 is 5.91 Å². The lowest BCUT2D eigenvalue weighted by Crippen LogP contribution is -3.18. The molecule has 3 atom stereocenters. The lowest BCUT2D eigenvalue weighted by atomic mass is 9.91. The van der Waals surface area contributed by atoms with Crippen LogP contribution in [0.2, 0.25) is 0 Å². The van der Waals surface area contributed by atoms with Gasteiger partial charge in [-0.1, -0.05) is 13.8 Å². The predicted molar refractivity (Wildman–Crippen MR) is 84.6 cm³/mol. The summed E-state index contributed by atoms with van der Waals surface area (Å²) in [6.45, 7) is 8.47. The molecule has 1 fully saturated rings. The molecule has 116 valence electrons. The van der Waals surface area contributed by atoms with Gasteiger partial charge < -0.3 is 16.0 Å². The van der Waals surface area contributed by atoms with Gasteiger partial charge in [0.05, 0.1) is 18.7 Å². The number of quaternary nitrogens is 1. The maximum Gasteiger partial charge on any atom is 0.282 e. The third-order valence-electron chi connectivity index (χ3n) is 4.20. The highest BCUT2D eigenvalue weighted by Gasteiger charge is 2.32. The van der Waals surface area contributed by atoms with Gasteiger partial charge in [-0.05, 0) is 24.8 Å². The number of likely N-dealkylation sites (tertiary alicyclic amines) is 1. The first kappa shape index (κ1) is 16.0. The van der Waals surface area contributed by atoms with Crippen molar-refractivity contribution >= 4 is 28.2 Å². The number of carbonyl (C=O) groups is 2. The highest BCUT2D eigenvalue weighted by molar-refractivity contribution is 7.14. The molecule has 2 heterocycles. The van der Waals surface area contributed by atoms with E-state index in [1.165, 1.54) is 22.7 Å². The van der Waals surface area contributed by atoms with Crippen molar-refractivity contribution in [3.05, 3.63) is 17.0 Å². The molecule has 6 heteroatoms. The first-order valence-corrected chi connectivity index (χ1v) is 8.29. The van der Waals surface area contributed by atoms with Crippen LogP contribution in [-0.2, 0) is 4.79 Å². The quantitative estimate of drug-likeness (QED) is 0.767. The average molecular weight is 310 g/mol. The van der Waals surface area contributed by atoms with E-state index in [9.17, 15) is 9.59 Å². The number of rotatable bonds is 4. The predicted octanol–water partition coefficient (Wildman–Crippen LogP) is 0.735. The Bertz CT molecular complexity index is 519. The number of hydrogen-bond donors (Lipinski definition) is 3. The van der Waals surface area contributed by atoms with Gasteiger partial charge in [-0.25, -0.2) is 0 Å².